The van der Waals surface area contributed by atoms with Gasteiger partial charge in [-0.15, -0.1) is 0 Å². The van der Waals surface area contributed by atoms with Crippen LogP contribution in [0.3, 0.4) is 0 Å². The largest absolute Gasteiger partial charge is 0.386 e. The number of hydrogen-bond donors (Lipinski definition) is 3. The van der Waals surface area contributed by atoms with Gasteiger partial charge in [0.1, 0.15) is 5.82 Å². The number of pyridine rings is 1. The summed E-state index contributed by atoms with van der Waals surface area (Å²) in [5.41, 5.74) is 1.48. The molecule has 0 amide bonds. The number of aliphatic hydroxyl groups is 1. The van der Waals surface area contributed by atoms with Crippen molar-refractivity contribution < 1.29 is 9.50 Å². The highest BCUT2D eigenvalue weighted by atomic mass is 79.9. The molecule has 0 saturated heterocycles. The molecular formula is C19H24BrFN4O. The van der Waals surface area contributed by atoms with Gasteiger partial charge in [-0.25, -0.2) is 4.39 Å². The van der Waals surface area contributed by atoms with Gasteiger partial charge in [0.25, 0.3) is 0 Å². The predicted octanol–water partition coefficient (Wildman–Crippen LogP) is 3.20. The summed E-state index contributed by atoms with van der Waals surface area (Å²) < 4.78 is 14.6. The predicted molar refractivity (Wildman–Crippen MR) is 106 cm³/mol. The molecule has 1 unspecified atom stereocenters. The normalized spacial score (nSPS) is 12.7. The van der Waals surface area contributed by atoms with E-state index in [1.165, 1.54) is 6.07 Å². The fraction of sp³-hybridized carbons (Fsp3) is 0.368. The van der Waals surface area contributed by atoms with Gasteiger partial charge >= 0.3 is 0 Å². The SMILES string of the molecule is CCNC(=NCC(O)c1ccncc1)NCCCc1ccc(Br)cc1F. The number of aliphatic hydroxyl groups excluding tert-OH is 1. The fourth-order valence-corrected chi connectivity index (χ4v) is 2.75. The standard InChI is InChI=1S/C19H24BrFN4O/c1-2-23-19(25-13-18(26)15-7-10-22-11-8-15)24-9-3-4-14-5-6-16(20)12-17(14)21/h5-8,10-12,18,26H,2-4,9,13H2,1H3,(H2,23,24,25). The Kier molecular flexibility index (Phi) is 8.50. The van der Waals surface area contributed by atoms with Crippen LogP contribution in [0.1, 0.15) is 30.6 Å². The molecule has 1 heterocycles. The number of benzene rings is 1. The second kappa shape index (κ2) is 10.9. The zero-order chi connectivity index (χ0) is 18.8. The van der Waals surface area contributed by atoms with Crippen LogP contribution in [-0.2, 0) is 6.42 Å². The van der Waals surface area contributed by atoms with E-state index in [0.29, 0.717) is 24.5 Å². The van der Waals surface area contributed by atoms with Crippen molar-refractivity contribution >= 4 is 21.9 Å². The number of aryl methyl sites for hydroxylation is 1. The van der Waals surface area contributed by atoms with Gasteiger partial charge in [-0.2, -0.15) is 0 Å². The Morgan fingerprint density at radius 3 is 2.73 bits per heavy atom. The van der Waals surface area contributed by atoms with Crippen molar-refractivity contribution in [1.82, 2.24) is 15.6 Å². The van der Waals surface area contributed by atoms with Crippen LogP contribution in [0.2, 0.25) is 0 Å². The number of halogens is 2. The number of nitrogens with zero attached hydrogens (tertiary/aromatic N) is 2. The average molecular weight is 423 g/mol. The molecule has 0 spiro atoms. The van der Waals surface area contributed by atoms with Gasteiger partial charge in [0.2, 0.25) is 0 Å². The summed E-state index contributed by atoms with van der Waals surface area (Å²) in [6, 6.07) is 8.66. The highest BCUT2D eigenvalue weighted by Crippen LogP contribution is 2.16. The third-order valence-electron chi connectivity index (χ3n) is 3.79. The van der Waals surface area contributed by atoms with Crippen LogP contribution in [0.25, 0.3) is 0 Å². The molecular weight excluding hydrogens is 399 g/mol. The maximum Gasteiger partial charge on any atom is 0.191 e. The van der Waals surface area contributed by atoms with E-state index in [1.807, 2.05) is 13.0 Å². The molecule has 0 aliphatic heterocycles. The van der Waals surface area contributed by atoms with E-state index in [9.17, 15) is 9.50 Å². The Hall–Kier alpha value is -1.99. The van der Waals surface area contributed by atoms with Crippen molar-refractivity contribution in [2.75, 3.05) is 19.6 Å². The summed E-state index contributed by atoms with van der Waals surface area (Å²) in [7, 11) is 0. The first-order valence-electron chi connectivity index (χ1n) is 8.64. The monoisotopic (exact) mass is 422 g/mol. The van der Waals surface area contributed by atoms with Crippen LogP contribution < -0.4 is 10.6 Å². The zero-order valence-corrected chi connectivity index (χ0v) is 16.3. The highest BCUT2D eigenvalue weighted by Gasteiger charge is 2.07. The second-order valence-corrected chi connectivity index (χ2v) is 6.70. The molecule has 0 aliphatic rings. The first kappa shape index (κ1) is 20.3. The molecule has 1 atom stereocenters. The molecule has 1 aromatic carbocycles. The summed E-state index contributed by atoms with van der Waals surface area (Å²) in [4.78, 5) is 8.34. The number of rotatable bonds is 8. The van der Waals surface area contributed by atoms with Gasteiger partial charge in [-0.1, -0.05) is 22.0 Å². The van der Waals surface area contributed by atoms with Crippen molar-refractivity contribution in [3.8, 4) is 0 Å². The first-order chi connectivity index (χ1) is 12.6. The second-order valence-electron chi connectivity index (χ2n) is 5.78. The van der Waals surface area contributed by atoms with Crippen molar-refractivity contribution in [2.24, 2.45) is 4.99 Å². The molecule has 0 fully saturated rings. The molecule has 140 valence electrons. The molecule has 5 nitrogen and oxygen atoms in total. The number of aromatic nitrogens is 1. The Labute approximate surface area is 161 Å². The molecule has 26 heavy (non-hydrogen) atoms. The van der Waals surface area contributed by atoms with Gasteiger partial charge < -0.3 is 15.7 Å². The summed E-state index contributed by atoms with van der Waals surface area (Å²) in [6.45, 7) is 3.61. The number of hydrogen-bond acceptors (Lipinski definition) is 3. The highest BCUT2D eigenvalue weighted by molar-refractivity contribution is 9.10. The maximum atomic E-state index is 13.8. The van der Waals surface area contributed by atoms with Crippen LogP contribution in [-0.4, -0.2) is 35.7 Å². The lowest BCUT2D eigenvalue weighted by Gasteiger charge is -2.13. The van der Waals surface area contributed by atoms with Gasteiger partial charge in [-0.3, -0.25) is 9.98 Å². The Bertz CT molecular complexity index is 712. The fourth-order valence-electron chi connectivity index (χ4n) is 2.42. The molecule has 0 aliphatic carbocycles. The first-order valence-corrected chi connectivity index (χ1v) is 9.43. The van der Waals surface area contributed by atoms with Crippen molar-refractivity contribution in [3.63, 3.8) is 0 Å². The summed E-state index contributed by atoms with van der Waals surface area (Å²) in [5, 5.41) is 16.5. The van der Waals surface area contributed by atoms with Gasteiger partial charge in [-0.05, 0) is 55.2 Å². The molecule has 0 radical (unpaired) electrons. The van der Waals surface area contributed by atoms with Crippen molar-refractivity contribution in [2.45, 2.75) is 25.9 Å². The minimum atomic E-state index is -0.676. The quantitative estimate of drug-likeness (QED) is 0.347. The average Bonchev–Trinajstić information content (AvgIpc) is 2.65. The Morgan fingerprint density at radius 1 is 1.27 bits per heavy atom. The van der Waals surface area contributed by atoms with E-state index < -0.39 is 6.10 Å². The smallest absolute Gasteiger partial charge is 0.191 e. The molecule has 2 aromatic rings. The number of guanidine groups is 1. The van der Waals surface area contributed by atoms with Crippen LogP contribution in [0.5, 0.6) is 0 Å². The third kappa shape index (κ3) is 6.72. The molecule has 1 aromatic heterocycles. The molecule has 0 bridgehead atoms. The Balaban J connectivity index is 1.81. The van der Waals surface area contributed by atoms with Crippen LogP contribution in [0.4, 0.5) is 4.39 Å². The maximum absolute atomic E-state index is 13.8. The molecule has 7 heteroatoms. The van der Waals surface area contributed by atoms with E-state index in [1.54, 1.807) is 30.6 Å². The van der Waals surface area contributed by atoms with E-state index >= 15 is 0 Å². The van der Waals surface area contributed by atoms with Crippen molar-refractivity contribution in [3.05, 3.63) is 64.1 Å². The van der Waals surface area contributed by atoms with Crippen LogP contribution in [0.15, 0.2) is 52.2 Å². The molecule has 3 N–H and O–H groups in total. The third-order valence-corrected chi connectivity index (χ3v) is 4.28. The van der Waals surface area contributed by atoms with E-state index in [2.05, 4.69) is 36.5 Å². The lowest BCUT2D eigenvalue weighted by Crippen LogP contribution is -2.38. The molecule has 2 rings (SSSR count). The van der Waals surface area contributed by atoms with Crippen molar-refractivity contribution in [1.29, 1.82) is 0 Å². The van der Waals surface area contributed by atoms with Gasteiger partial charge in [0.05, 0.1) is 12.6 Å². The van der Waals surface area contributed by atoms with E-state index in [0.717, 1.165) is 23.0 Å². The van der Waals surface area contributed by atoms with E-state index in [4.69, 9.17) is 0 Å². The summed E-state index contributed by atoms with van der Waals surface area (Å²) in [5.74, 6) is 0.442. The number of aliphatic imine (C=N–C) groups is 1. The van der Waals surface area contributed by atoms with Gasteiger partial charge in [0, 0.05) is 30.0 Å². The van der Waals surface area contributed by atoms with Crippen LogP contribution >= 0.6 is 15.9 Å². The number of nitrogens with one attached hydrogen (secondary N) is 2. The topological polar surface area (TPSA) is 69.5 Å². The summed E-state index contributed by atoms with van der Waals surface area (Å²) in [6.07, 6.45) is 4.03. The lowest BCUT2D eigenvalue weighted by atomic mass is 10.1. The lowest BCUT2D eigenvalue weighted by molar-refractivity contribution is 0.187. The minimum absolute atomic E-state index is 0.194. The van der Waals surface area contributed by atoms with E-state index in [-0.39, 0.29) is 12.4 Å². The zero-order valence-electron chi connectivity index (χ0n) is 14.8. The Morgan fingerprint density at radius 2 is 2.04 bits per heavy atom. The molecule has 0 saturated carbocycles. The summed E-state index contributed by atoms with van der Waals surface area (Å²) >= 11 is 3.26. The van der Waals surface area contributed by atoms with Crippen LogP contribution in [0, 0.1) is 5.82 Å². The van der Waals surface area contributed by atoms with Gasteiger partial charge in [0.15, 0.2) is 5.96 Å². The minimum Gasteiger partial charge on any atom is -0.386 e.